The number of rotatable bonds is 9. The van der Waals surface area contributed by atoms with Gasteiger partial charge in [-0.1, -0.05) is 60.7 Å². The summed E-state index contributed by atoms with van der Waals surface area (Å²) in [7, 11) is 0. The van der Waals surface area contributed by atoms with Crippen molar-refractivity contribution in [3.63, 3.8) is 0 Å². The molecule has 0 spiro atoms. The molecule has 0 bridgehead atoms. The van der Waals surface area contributed by atoms with E-state index in [9.17, 15) is 0 Å². The van der Waals surface area contributed by atoms with Crippen molar-refractivity contribution >= 4 is 23.5 Å². The largest absolute Gasteiger partial charge is 0.490 e. The number of hydrogen-bond acceptors (Lipinski definition) is 4. The van der Waals surface area contributed by atoms with E-state index in [1.165, 1.54) is 0 Å². The number of nitrogens with one attached hydrogen (secondary N) is 2. The summed E-state index contributed by atoms with van der Waals surface area (Å²) in [5, 5.41) is 7.78. The Morgan fingerprint density at radius 3 is 2.30 bits per heavy atom. The number of ether oxygens (including phenoxy) is 2. The SMILES string of the molecule is CCOc1cc(/C=N/NC(=S)NCc2ccccc2)ccc1OCc1ccccc1. The molecule has 0 aliphatic heterocycles. The van der Waals surface area contributed by atoms with E-state index in [0.717, 1.165) is 16.7 Å². The molecule has 3 rings (SSSR count). The van der Waals surface area contributed by atoms with Crippen molar-refractivity contribution in [2.24, 2.45) is 5.10 Å². The molecule has 0 fully saturated rings. The average Bonchev–Trinajstić information content (AvgIpc) is 2.79. The Balaban J connectivity index is 1.54. The maximum absolute atomic E-state index is 5.93. The monoisotopic (exact) mass is 419 g/mol. The predicted octanol–water partition coefficient (Wildman–Crippen LogP) is 4.66. The van der Waals surface area contributed by atoms with Crippen LogP contribution in [0.4, 0.5) is 0 Å². The van der Waals surface area contributed by atoms with Crippen LogP contribution in [-0.2, 0) is 13.2 Å². The topological polar surface area (TPSA) is 54.9 Å². The number of nitrogens with zero attached hydrogens (tertiary/aromatic N) is 1. The van der Waals surface area contributed by atoms with E-state index in [1.807, 2.05) is 85.8 Å². The molecule has 0 atom stereocenters. The molecule has 0 heterocycles. The summed E-state index contributed by atoms with van der Waals surface area (Å²) in [6.07, 6.45) is 1.69. The molecular formula is C24H25N3O2S. The van der Waals surface area contributed by atoms with Crippen molar-refractivity contribution in [3.8, 4) is 11.5 Å². The van der Waals surface area contributed by atoms with Crippen LogP contribution < -0.4 is 20.2 Å². The Kier molecular flexibility index (Phi) is 8.23. The molecule has 0 saturated heterocycles. The first-order valence-corrected chi connectivity index (χ1v) is 10.2. The third-order valence-electron chi connectivity index (χ3n) is 4.18. The number of benzene rings is 3. The Hall–Kier alpha value is -3.38. The standard InChI is InChI=1S/C24H25N3O2S/c1-2-28-23-15-21(13-14-22(23)29-18-20-11-7-4-8-12-20)17-26-27-24(30)25-16-19-9-5-3-6-10-19/h3-15,17H,2,16,18H2,1H3,(H2,25,27,30)/b26-17+. The first kappa shape index (κ1) is 21.3. The zero-order valence-corrected chi connectivity index (χ0v) is 17.7. The molecule has 2 N–H and O–H groups in total. The fourth-order valence-electron chi connectivity index (χ4n) is 2.71. The maximum Gasteiger partial charge on any atom is 0.187 e. The molecule has 0 aromatic heterocycles. The summed E-state index contributed by atoms with van der Waals surface area (Å²) in [6, 6.07) is 25.8. The summed E-state index contributed by atoms with van der Waals surface area (Å²) in [5.74, 6) is 1.38. The second kappa shape index (κ2) is 11.6. The van der Waals surface area contributed by atoms with Crippen molar-refractivity contribution in [1.82, 2.24) is 10.7 Å². The van der Waals surface area contributed by atoms with E-state index >= 15 is 0 Å². The minimum absolute atomic E-state index is 0.461. The lowest BCUT2D eigenvalue weighted by Crippen LogP contribution is -2.31. The van der Waals surface area contributed by atoms with E-state index in [2.05, 4.69) is 15.8 Å². The van der Waals surface area contributed by atoms with E-state index in [4.69, 9.17) is 21.7 Å². The highest BCUT2D eigenvalue weighted by Crippen LogP contribution is 2.28. The van der Waals surface area contributed by atoms with E-state index in [0.29, 0.717) is 36.4 Å². The average molecular weight is 420 g/mol. The molecule has 3 aromatic rings. The molecule has 0 amide bonds. The predicted molar refractivity (Wildman–Crippen MR) is 125 cm³/mol. The fourth-order valence-corrected chi connectivity index (χ4v) is 2.84. The van der Waals surface area contributed by atoms with Gasteiger partial charge < -0.3 is 14.8 Å². The normalized spacial score (nSPS) is 10.6. The van der Waals surface area contributed by atoms with Crippen LogP contribution in [0, 0.1) is 0 Å². The zero-order chi connectivity index (χ0) is 21.0. The Bertz CT molecular complexity index is 963. The minimum Gasteiger partial charge on any atom is -0.490 e. The van der Waals surface area contributed by atoms with Gasteiger partial charge in [-0.3, -0.25) is 5.43 Å². The van der Waals surface area contributed by atoms with Gasteiger partial charge in [0.25, 0.3) is 0 Å². The quantitative estimate of drug-likeness (QED) is 0.300. The van der Waals surface area contributed by atoms with Crippen molar-refractivity contribution in [1.29, 1.82) is 0 Å². The molecule has 6 heteroatoms. The summed E-state index contributed by atoms with van der Waals surface area (Å²) < 4.78 is 11.7. The van der Waals surface area contributed by atoms with Crippen LogP contribution in [0.15, 0.2) is 84.0 Å². The van der Waals surface area contributed by atoms with Gasteiger partial charge >= 0.3 is 0 Å². The molecule has 154 valence electrons. The van der Waals surface area contributed by atoms with Crippen molar-refractivity contribution in [2.45, 2.75) is 20.1 Å². The second-order valence-electron chi connectivity index (χ2n) is 6.45. The van der Waals surface area contributed by atoms with Crippen LogP contribution in [0.2, 0.25) is 0 Å². The fraction of sp³-hybridized carbons (Fsp3) is 0.167. The lowest BCUT2D eigenvalue weighted by Gasteiger charge is -2.12. The zero-order valence-electron chi connectivity index (χ0n) is 16.9. The first-order valence-electron chi connectivity index (χ1n) is 9.79. The van der Waals surface area contributed by atoms with Crippen molar-refractivity contribution in [3.05, 3.63) is 95.6 Å². The third-order valence-corrected chi connectivity index (χ3v) is 4.42. The van der Waals surface area contributed by atoms with Gasteiger partial charge in [-0.2, -0.15) is 5.10 Å². The molecule has 3 aromatic carbocycles. The lowest BCUT2D eigenvalue weighted by molar-refractivity contribution is 0.269. The van der Waals surface area contributed by atoms with E-state index in [-0.39, 0.29) is 0 Å². The number of hydrazone groups is 1. The van der Waals surface area contributed by atoms with Crippen molar-refractivity contribution < 1.29 is 9.47 Å². The van der Waals surface area contributed by atoms with Gasteiger partial charge in [0.15, 0.2) is 16.6 Å². The molecule has 30 heavy (non-hydrogen) atoms. The summed E-state index contributed by atoms with van der Waals surface area (Å²) in [5.41, 5.74) is 5.96. The highest BCUT2D eigenvalue weighted by molar-refractivity contribution is 7.80. The summed E-state index contributed by atoms with van der Waals surface area (Å²) >= 11 is 5.26. The molecular weight excluding hydrogens is 394 g/mol. The minimum atomic E-state index is 0.461. The van der Waals surface area contributed by atoms with Gasteiger partial charge in [0.05, 0.1) is 12.8 Å². The van der Waals surface area contributed by atoms with Gasteiger partial charge in [-0.25, -0.2) is 0 Å². The Labute approximate surface area is 182 Å². The summed E-state index contributed by atoms with van der Waals surface area (Å²) in [4.78, 5) is 0. The molecule has 0 radical (unpaired) electrons. The van der Waals surface area contributed by atoms with Crippen LogP contribution in [0.25, 0.3) is 0 Å². The van der Waals surface area contributed by atoms with Crippen LogP contribution in [0.1, 0.15) is 23.6 Å². The molecule has 0 unspecified atom stereocenters. The lowest BCUT2D eigenvalue weighted by atomic mass is 10.2. The van der Waals surface area contributed by atoms with Crippen LogP contribution in [0.3, 0.4) is 0 Å². The number of thiocarbonyl (C=S) groups is 1. The van der Waals surface area contributed by atoms with Gasteiger partial charge in [-0.15, -0.1) is 0 Å². The maximum atomic E-state index is 5.93. The highest BCUT2D eigenvalue weighted by Gasteiger charge is 2.06. The van der Waals surface area contributed by atoms with Gasteiger partial charge in [0.2, 0.25) is 0 Å². The Morgan fingerprint density at radius 2 is 1.60 bits per heavy atom. The molecule has 0 aliphatic rings. The molecule has 0 aliphatic carbocycles. The third kappa shape index (κ3) is 6.90. The molecule has 0 saturated carbocycles. The van der Waals surface area contributed by atoms with E-state index < -0.39 is 0 Å². The van der Waals surface area contributed by atoms with Crippen LogP contribution >= 0.6 is 12.2 Å². The highest BCUT2D eigenvalue weighted by atomic mass is 32.1. The second-order valence-corrected chi connectivity index (χ2v) is 6.86. The molecule has 5 nitrogen and oxygen atoms in total. The van der Waals surface area contributed by atoms with Gasteiger partial charge in [-0.05, 0) is 54.0 Å². The Morgan fingerprint density at radius 1 is 0.900 bits per heavy atom. The smallest absolute Gasteiger partial charge is 0.187 e. The number of hydrogen-bond donors (Lipinski definition) is 2. The van der Waals surface area contributed by atoms with Crippen LogP contribution in [0.5, 0.6) is 11.5 Å². The first-order chi connectivity index (χ1) is 14.7. The van der Waals surface area contributed by atoms with Gasteiger partial charge in [0, 0.05) is 6.54 Å². The van der Waals surface area contributed by atoms with Crippen LogP contribution in [-0.4, -0.2) is 17.9 Å². The van der Waals surface area contributed by atoms with Crippen molar-refractivity contribution in [2.75, 3.05) is 6.61 Å². The van der Waals surface area contributed by atoms with Gasteiger partial charge in [0.1, 0.15) is 6.61 Å². The summed E-state index contributed by atoms with van der Waals surface area (Å²) in [6.45, 7) is 3.62. The van der Waals surface area contributed by atoms with E-state index in [1.54, 1.807) is 6.21 Å².